The quantitative estimate of drug-likeness (QED) is 0.316. The summed E-state index contributed by atoms with van der Waals surface area (Å²) in [5.41, 5.74) is 0. The van der Waals surface area contributed by atoms with Gasteiger partial charge in [0.2, 0.25) is 0 Å². The molecule has 0 saturated heterocycles. The van der Waals surface area contributed by atoms with Gasteiger partial charge in [-0.05, 0) is 19.3 Å². The van der Waals surface area contributed by atoms with E-state index in [0.717, 1.165) is 32.1 Å². The van der Waals surface area contributed by atoms with E-state index < -0.39 is 15.4 Å². The molecule has 0 aliphatic rings. The summed E-state index contributed by atoms with van der Waals surface area (Å²) in [5.74, 6) is 0. The highest BCUT2D eigenvalue weighted by Gasteiger charge is 2.21. The highest BCUT2D eigenvalue weighted by atomic mass is 32.2. The van der Waals surface area contributed by atoms with E-state index >= 15 is 0 Å². The third-order valence-electron chi connectivity index (χ3n) is 4.24. The molecule has 0 fully saturated rings. The summed E-state index contributed by atoms with van der Waals surface area (Å²) in [7, 11) is -3.92. The van der Waals surface area contributed by atoms with Gasteiger partial charge in [-0.15, -0.1) is 0 Å². The maximum Gasteiger partial charge on any atom is 0.267 e. The molecule has 5 heteroatoms. The monoisotopic (exact) mass is 336 g/mol. The molecule has 1 atom stereocenters. The Morgan fingerprint density at radius 3 is 1.55 bits per heavy atom. The van der Waals surface area contributed by atoms with Crippen LogP contribution >= 0.6 is 0 Å². The maximum atomic E-state index is 11.4. The molecule has 0 aliphatic carbocycles. The smallest absolute Gasteiger partial charge is 0.267 e. The highest BCUT2D eigenvalue weighted by molar-refractivity contribution is 7.86. The van der Waals surface area contributed by atoms with Crippen molar-refractivity contribution < 1.29 is 18.1 Å². The Bertz CT molecular complexity index is 328. The summed E-state index contributed by atoms with van der Waals surface area (Å²) in [5, 5.41) is 8.10. The lowest BCUT2D eigenvalue weighted by Crippen LogP contribution is -2.20. The molecule has 0 rings (SSSR count). The fourth-order valence-electron chi connectivity index (χ4n) is 2.79. The first-order valence-corrected chi connectivity index (χ1v) is 10.6. The van der Waals surface area contributed by atoms with Gasteiger partial charge in [0, 0.05) is 6.61 Å². The number of hydrogen-bond acceptors (Lipinski definition) is 3. The van der Waals surface area contributed by atoms with Crippen molar-refractivity contribution in [2.45, 2.75) is 102 Å². The Morgan fingerprint density at radius 2 is 1.14 bits per heavy atom. The topological polar surface area (TPSA) is 74.6 Å². The van der Waals surface area contributed by atoms with Crippen molar-refractivity contribution in [3.63, 3.8) is 0 Å². The van der Waals surface area contributed by atoms with Crippen LogP contribution in [-0.4, -0.2) is 29.9 Å². The van der Waals surface area contributed by atoms with Crippen LogP contribution in [-0.2, 0) is 10.1 Å². The third-order valence-corrected chi connectivity index (χ3v) is 5.55. The zero-order chi connectivity index (χ0) is 16.7. The first-order chi connectivity index (χ1) is 10.5. The molecule has 2 N–H and O–H groups in total. The lowest BCUT2D eigenvalue weighted by molar-refractivity contribution is 0.282. The van der Waals surface area contributed by atoms with Gasteiger partial charge < -0.3 is 5.11 Å². The van der Waals surface area contributed by atoms with Gasteiger partial charge >= 0.3 is 0 Å². The van der Waals surface area contributed by atoms with E-state index in [0.29, 0.717) is 19.3 Å². The van der Waals surface area contributed by atoms with Gasteiger partial charge in [-0.25, -0.2) is 0 Å². The van der Waals surface area contributed by atoms with Crippen LogP contribution in [0.15, 0.2) is 0 Å². The minimum absolute atomic E-state index is 0.148. The van der Waals surface area contributed by atoms with Crippen molar-refractivity contribution >= 4 is 10.1 Å². The van der Waals surface area contributed by atoms with E-state index in [1.165, 1.54) is 38.5 Å². The van der Waals surface area contributed by atoms with Crippen LogP contribution in [0.3, 0.4) is 0 Å². The van der Waals surface area contributed by atoms with Gasteiger partial charge in [-0.2, -0.15) is 8.42 Å². The van der Waals surface area contributed by atoms with Gasteiger partial charge in [0.05, 0.1) is 5.25 Å². The molecular formula is C17H36O4S. The average Bonchev–Trinajstić information content (AvgIpc) is 2.46. The molecule has 0 spiro atoms. The van der Waals surface area contributed by atoms with Gasteiger partial charge in [0.15, 0.2) is 0 Å². The Morgan fingerprint density at radius 1 is 0.727 bits per heavy atom. The van der Waals surface area contributed by atoms with E-state index in [4.69, 9.17) is 5.11 Å². The second-order valence-corrected chi connectivity index (χ2v) is 8.02. The fraction of sp³-hybridized carbons (Fsp3) is 1.00. The molecule has 0 aromatic rings. The highest BCUT2D eigenvalue weighted by Crippen LogP contribution is 2.18. The Labute approximate surface area is 137 Å². The van der Waals surface area contributed by atoms with E-state index in [-0.39, 0.29) is 6.61 Å². The Balaban J connectivity index is 3.68. The van der Waals surface area contributed by atoms with E-state index in [2.05, 4.69) is 6.92 Å². The molecule has 0 aliphatic heterocycles. The molecule has 134 valence electrons. The van der Waals surface area contributed by atoms with Crippen molar-refractivity contribution in [3.05, 3.63) is 0 Å². The maximum absolute atomic E-state index is 11.4. The molecule has 0 radical (unpaired) electrons. The first-order valence-electron chi connectivity index (χ1n) is 9.09. The second kappa shape index (κ2) is 14.5. The van der Waals surface area contributed by atoms with Crippen LogP contribution in [0.25, 0.3) is 0 Å². The van der Waals surface area contributed by atoms with Gasteiger partial charge in [-0.1, -0.05) is 77.6 Å². The predicted molar refractivity (Wildman–Crippen MR) is 92.7 cm³/mol. The zero-order valence-electron chi connectivity index (χ0n) is 14.3. The molecule has 0 bridgehead atoms. The normalized spacial score (nSPS) is 13.4. The van der Waals surface area contributed by atoms with Gasteiger partial charge in [0.25, 0.3) is 10.1 Å². The predicted octanol–water partition coefficient (Wildman–Crippen LogP) is 4.72. The molecule has 0 aromatic heterocycles. The third kappa shape index (κ3) is 13.5. The number of aliphatic hydroxyl groups is 1. The summed E-state index contributed by atoms with van der Waals surface area (Å²) >= 11 is 0. The van der Waals surface area contributed by atoms with E-state index in [9.17, 15) is 13.0 Å². The standard InChI is InChI=1S/C17H36O4S/c1-2-3-4-5-6-7-8-9-11-14-17(22(19,20)21)15-12-10-13-16-18/h17-18H,2-16H2,1H3,(H,19,20,21). The Kier molecular flexibility index (Phi) is 14.4. The number of unbranched alkanes of at least 4 members (excludes halogenated alkanes) is 10. The summed E-state index contributed by atoms with van der Waals surface area (Å²) in [6.45, 7) is 2.37. The van der Waals surface area contributed by atoms with Crippen molar-refractivity contribution in [3.8, 4) is 0 Å². The second-order valence-electron chi connectivity index (χ2n) is 6.33. The molecule has 0 heterocycles. The van der Waals surface area contributed by atoms with Crippen LogP contribution in [0, 0.1) is 0 Å². The minimum atomic E-state index is -3.92. The largest absolute Gasteiger partial charge is 0.396 e. The Hall–Kier alpha value is -0.130. The van der Waals surface area contributed by atoms with Gasteiger partial charge in [-0.3, -0.25) is 4.55 Å². The van der Waals surface area contributed by atoms with Crippen molar-refractivity contribution in [2.24, 2.45) is 0 Å². The van der Waals surface area contributed by atoms with Gasteiger partial charge in [0.1, 0.15) is 0 Å². The van der Waals surface area contributed by atoms with Crippen LogP contribution in [0.1, 0.15) is 96.8 Å². The summed E-state index contributed by atoms with van der Waals surface area (Å²) in [4.78, 5) is 0. The summed E-state index contributed by atoms with van der Waals surface area (Å²) < 4.78 is 32.0. The molecule has 1 unspecified atom stereocenters. The van der Waals surface area contributed by atoms with E-state index in [1.807, 2.05) is 0 Å². The molecule has 0 aromatic carbocycles. The molecule has 4 nitrogen and oxygen atoms in total. The number of aliphatic hydroxyl groups excluding tert-OH is 1. The molecular weight excluding hydrogens is 300 g/mol. The van der Waals surface area contributed by atoms with Crippen molar-refractivity contribution in [1.82, 2.24) is 0 Å². The van der Waals surface area contributed by atoms with Crippen LogP contribution < -0.4 is 0 Å². The molecule has 0 saturated carbocycles. The minimum Gasteiger partial charge on any atom is -0.396 e. The van der Waals surface area contributed by atoms with E-state index in [1.54, 1.807) is 0 Å². The first kappa shape index (κ1) is 21.9. The number of rotatable bonds is 16. The number of hydrogen-bond donors (Lipinski definition) is 2. The lowest BCUT2D eigenvalue weighted by atomic mass is 10.0. The summed E-state index contributed by atoms with van der Waals surface area (Å²) in [6.07, 6.45) is 14.2. The SMILES string of the molecule is CCCCCCCCCCCC(CCCCCO)S(=O)(=O)O. The molecule has 22 heavy (non-hydrogen) atoms. The average molecular weight is 337 g/mol. The van der Waals surface area contributed by atoms with Crippen molar-refractivity contribution in [2.75, 3.05) is 6.61 Å². The molecule has 0 amide bonds. The van der Waals surface area contributed by atoms with Crippen LogP contribution in [0.4, 0.5) is 0 Å². The van der Waals surface area contributed by atoms with Crippen LogP contribution in [0.2, 0.25) is 0 Å². The zero-order valence-corrected chi connectivity index (χ0v) is 15.1. The van der Waals surface area contributed by atoms with Crippen LogP contribution in [0.5, 0.6) is 0 Å². The van der Waals surface area contributed by atoms with Crippen molar-refractivity contribution in [1.29, 1.82) is 0 Å². The fourth-order valence-corrected chi connectivity index (χ4v) is 3.71. The lowest BCUT2D eigenvalue weighted by Gasteiger charge is -2.13. The summed E-state index contributed by atoms with van der Waals surface area (Å²) in [6, 6.07) is 0.